The Bertz CT molecular complexity index is 79.4. The molecule has 0 amide bonds. The predicted molar refractivity (Wildman–Crippen MR) is 42.8 cm³/mol. The van der Waals surface area contributed by atoms with E-state index in [0.29, 0.717) is 6.42 Å². The molecular formula is C6H15O3P. The van der Waals surface area contributed by atoms with E-state index in [1.165, 1.54) is 0 Å². The molecule has 0 bridgehead atoms. The minimum Gasteiger partial charge on any atom is -0.396 e. The second-order valence-electron chi connectivity index (χ2n) is 2.13. The molecule has 62 valence electrons. The Morgan fingerprint density at radius 2 is 2.20 bits per heavy atom. The van der Waals surface area contributed by atoms with Gasteiger partial charge in [-0.3, -0.25) is 0 Å². The number of hydrogen-bond acceptors (Lipinski definition) is 3. The van der Waals surface area contributed by atoms with Gasteiger partial charge in [0.25, 0.3) is 0 Å². The normalized spacial score (nSPS) is 16.8. The first-order chi connectivity index (χ1) is 4.76. The summed E-state index contributed by atoms with van der Waals surface area (Å²) < 4.78 is 9.98. The molecule has 0 rings (SSSR count). The first-order valence-corrected chi connectivity index (χ1v) is 3.72. The van der Waals surface area contributed by atoms with Gasteiger partial charge in [0.05, 0.1) is 12.2 Å². The van der Waals surface area contributed by atoms with Gasteiger partial charge in [0.2, 0.25) is 0 Å². The second-order valence-corrected chi connectivity index (χ2v) is 2.40. The summed E-state index contributed by atoms with van der Waals surface area (Å²) in [5.74, 6) is 0. The number of ether oxygens (including phenoxy) is 1. The van der Waals surface area contributed by atoms with Gasteiger partial charge in [-0.05, 0) is 13.3 Å². The van der Waals surface area contributed by atoms with Crippen LogP contribution in [0.1, 0.15) is 13.3 Å². The molecule has 2 unspecified atom stereocenters. The molecule has 0 aliphatic heterocycles. The van der Waals surface area contributed by atoms with E-state index in [-0.39, 0.29) is 18.8 Å². The van der Waals surface area contributed by atoms with Crippen LogP contribution in [0.15, 0.2) is 0 Å². The minimum absolute atomic E-state index is 0.0278. The fraction of sp³-hybridized carbons (Fsp3) is 1.00. The highest BCUT2D eigenvalue weighted by Gasteiger charge is 2.14. The van der Waals surface area contributed by atoms with Crippen molar-refractivity contribution in [1.29, 1.82) is 0 Å². The third kappa shape index (κ3) is 3.47. The third-order valence-corrected chi connectivity index (χ3v) is 1.83. The molecule has 0 fully saturated rings. The third-order valence-electron chi connectivity index (χ3n) is 1.48. The Kier molecular flexibility index (Phi) is 6.24. The molecule has 10 heavy (non-hydrogen) atoms. The summed E-state index contributed by atoms with van der Waals surface area (Å²) in [5.41, 5.74) is 0. The van der Waals surface area contributed by atoms with Crippen LogP contribution in [0.4, 0.5) is 0 Å². The molecule has 0 saturated heterocycles. The molecule has 4 heteroatoms. The van der Waals surface area contributed by atoms with E-state index in [0.717, 1.165) is 0 Å². The summed E-state index contributed by atoms with van der Waals surface area (Å²) in [4.78, 5) is 0. The van der Waals surface area contributed by atoms with Crippen LogP contribution < -0.4 is 0 Å². The Morgan fingerprint density at radius 1 is 1.60 bits per heavy atom. The highest BCUT2D eigenvalue weighted by Crippen LogP contribution is 2.09. The van der Waals surface area contributed by atoms with Gasteiger partial charge < -0.3 is 14.4 Å². The van der Waals surface area contributed by atoms with Crippen molar-refractivity contribution < 1.29 is 14.4 Å². The smallest absolute Gasteiger partial charge is 0.0891 e. The maximum atomic E-state index is 8.57. The van der Waals surface area contributed by atoms with Gasteiger partial charge in [-0.2, -0.15) is 0 Å². The number of hydrogen-bond donors (Lipinski definition) is 1. The number of rotatable bonds is 5. The lowest BCUT2D eigenvalue weighted by Gasteiger charge is -2.19. The van der Waals surface area contributed by atoms with Gasteiger partial charge >= 0.3 is 0 Å². The van der Waals surface area contributed by atoms with Gasteiger partial charge in [0.15, 0.2) is 0 Å². The molecule has 1 N–H and O–H groups in total. The Morgan fingerprint density at radius 3 is 2.50 bits per heavy atom. The van der Waals surface area contributed by atoms with Gasteiger partial charge in [0.1, 0.15) is 0 Å². The lowest BCUT2D eigenvalue weighted by molar-refractivity contribution is 0.0114. The van der Waals surface area contributed by atoms with Crippen LogP contribution in [0.25, 0.3) is 0 Å². The maximum absolute atomic E-state index is 8.57. The van der Waals surface area contributed by atoms with Gasteiger partial charge in [-0.1, -0.05) is 0 Å². The first kappa shape index (κ1) is 10.3. The van der Waals surface area contributed by atoms with Crippen LogP contribution in [0.3, 0.4) is 0 Å². The highest BCUT2D eigenvalue weighted by molar-refractivity contribution is 7.09. The molecule has 0 radical (unpaired) electrons. The fourth-order valence-corrected chi connectivity index (χ4v) is 1.05. The van der Waals surface area contributed by atoms with Crippen LogP contribution >= 0.6 is 9.47 Å². The number of aliphatic hydroxyl groups is 1. The van der Waals surface area contributed by atoms with Gasteiger partial charge in [-0.25, -0.2) is 0 Å². The van der Waals surface area contributed by atoms with Crippen LogP contribution in [0.5, 0.6) is 0 Å². The largest absolute Gasteiger partial charge is 0.396 e. The topological polar surface area (TPSA) is 38.7 Å². The minimum atomic E-state index is -0.0278. The van der Waals surface area contributed by atoms with E-state index in [4.69, 9.17) is 14.4 Å². The van der Waals surface area contributed by atoms with Crippen LogP contribution in [0, 0.1) is 0 Å². The van der Waals surface area contributed by atoms with Crippen molar-refractivity contribution in [2.24, 2.45) is 0 Å². The van der Waals surface area contributed by atoms with E-state index >= 15 is 0 Å². The standard InChI is InChI=1S/C6H15O3P/c1-5(8-2)6(9-10)3-4-7/h5-7H,3-4,10H2,1-2H3/t5?,6-/m0/s1. The van der Waals surface area contributed by atoms with Crippen molar-refractivity contribution in [1.82, 2.24) is 0 Å². The average molecular weight is 166 g/mol. The van der Waals surface area contributed by atoms with Crippen molar-refractivity contribution in [3.05, 3.63) is 0 Å². The van der Waals surface area contributed by atoms with Crippen molar-refractivity contribution in [2.45, 2.75) is 25.6 Å². The fourth-order valence-electron chi connectivity index (χ4n) is 0.692. The summed E-state index contributed by atoms with van der Waals surface area (Å²) in [6.45, 7) is 2.04. The number of aliphatic hydroxyl groups excluding tert-OH is 1. The summed E-state index contributed by atoms with van der Waals surface area (Å²) in [6.07, 6.45) is 0.614. The first-order valence-electron chi connectivity index (χ1n) is 3.25. The lowest BCUT2D eigenvalue weighted by Crippen LogP contribution is -2.26. The summed E-state index contributed by atoms with van der Waals surface area (Å²) in [6, 6.07) is 0. The van der Waals surface area contributed by atoms with Gasteiger partial charge in [-0.15, -0.1) is 0 Å². The van der Waals surface area contributed by atoms with E-state index < -0.39 is 0 Å². The molecule has 0 aliphatic rings. The zero-order valence-electron chi connectivity index (χ0n) is 6.41. The Balaban J connectivity index is 3.56. The van der Waals surface area contributed by atoms with E-state index in [9.17, 15) is 0 Å². The van der Waals surface area contributed by atoms with Crippen molar-refractivity contribution >= 4 is 9.47 Å². The second kappa shape index (κ2) is 6.05. The monoisotopic (exact) mass is 166 g/mol. The molecular weight excluding hydrogens is 151 g/mol. The predicted octanol–water partition coefficient (Wildman–Crippen LogP) is 0.579. The molecule has 3 nitrogen and oxygen atoms in total. The quantitative estimate of drug-likeness (QED) is 0.607. The summed E-state index contributed by atoms with van der Waals surface area (Å²) in [5, 5.41) is 8.57. The maximum Gasteiger partial charge on any atom is 0.0891 e. The summed E-state index contributed by atoms with van der Waals surface area (Å²) >= 11 is 0. The Hall–Kier alpha value is 0.310. The van der Waals surface area contributed by atoms with Crippen LogP contribution in [0.2, 0.25) is 0 Å². The molecule has 3 atom stereocenters. The van der Waals surface area contributed by atoms with Crippen LogP contribution in [-0.4, -0.2) is 31.0 Å². The molecule has 0 heterocycles. The molecule has 0 aromatic heterocycles. The highest BCUT2D eigenvalue weighted by atomic mass is 31.0. The zero-order chi connectivity index (χ0) is 7.98. The van der Waals surface area contributed by atoms with Crippen molar-refractivity contribution in [2.75, 3.05) is 13.7 Å². The average Bonchev–Trinajstić information content (AvgIpc) is 1.99. The molecule has 0 aliphatic carbocycles. The SMILES string of the molecule is COC(C)[C@H](CCO)OP. The molecule has 0 saturated carbocycles. The van der Waals surface area contributed by atoms with E-state index in [1.54, 1.807) is 7.11 Å². The number of methoxy groups -OCH3 is 1. The van der Waals surface area contributed by atoms with Gasteiger partial charge in [0, 0.05) is 23.2 Å². The van der Waals surface area contributed by atoms with Crippen molar-refractivity contribution in [3.8, 4) is 0 Å². The van der Waals surface area contributed by atoms with E-state index in [1.807, 2.05) is 6.92 Å². The lowest BCUT2D eigenvalue weighted by atomic mass is 10.2. The van der Waals surface area contributed by atoms with Crippen LogP contribution in [-0.2, 0) is 9.26 Å². The molecule has 0 spiro atoms. The van der Waals surface area contributed by atoms with Crippen molar-refractivity contribution in [3.63, 3.8) is 0 Å². The van der Waals surface area contributed by atoms with E-state index in [2.05, 4.69) is 9.47 Å². The molecule has 0 aromatic carbocycles. The summed E-state index contributed by atoms with van der Waals surface area (Å²) in [7, 11) is 3.80. The molecule has 0 aromatic rings. The Labute approximate surface area is 64.0 Å². The zero-order valence-corrected chi connectivity index (χ0v) is 7.56.